The Morgan fingerprint density at radius 3 is 2.43 bits per heavy atom. The molecule has 1 aliphatic rings. The Hall–Kier alpha value is -0.0800. The third-order valence-corrected chi connectivity index (χ3v) is 3.82. The quantitative estimate of drug-likeness (QED) is 0.753. The molecule has 1 fully saturated rings. The Labute approximate surface area is 88.3 Å². The molecule has 14 heavy (non-hydrogen) atoms. The molecule has 1 atom stereocenters. The van der Waals surface area contributed by atoms with Crippen molar-refractivity contribution in [2.45, 2.75) is 51.6 Å². The molecule has 0 spiro atoms. The van der Waals surface area contributed by atoms with E-state index in [9.17, 15) is 5.11 Å². The molecule has 1 N–H and O–H groups in total. The maximum atomic E-state index is 10.6. The summed E-state index contributed by atoms with van der Waals surface area (Å²) in [5.74, 6) is 0.494. The maximum absolute atomic E-state index is 10.6. The van der Waals surface area contributed by atoms with E-state index in [0.717, 1.165) is 45.2 Å². The highest BCUT2D eigenvalue weighted by Gasteiger charge is 2.35. The van der Waals surface area contributed by atoms with Gasteiger partial charge in [0.1, 0.15) is 0 Å². The summed E-state index contributed by atoms with van der Waals surface area (Å²) in [5.41, 5.74) is -0.381. The zero-order valence-electron chi connectivity index (χ0n) is 9.92. The first-order valence-corrected chi connectivity index (χ1v) is 6.03. The molecule has 1 heterocycles. The lowest BCUT2D eigenvalue weighted by atomic mass is 9.78. The van der Waals surface area contributed by atoms with Gasteiger partial charge in [-0.05, 0) is 38.8 Å². The van der Waals surface area contributed by atoms with Gasteiger partial charge in [-0.25, -0.2) is 0 Å². The van der Waals surface area contributed by atoms with Gasteiger partial charge < -0.3 is 10.0 Å². The standard InChI is InChI=1S/C12H25NO/c1-4-11(5-2)12(14)7-6-9-13(3)10-8-12/h11,14H,4-10H2,1-3H3. The van der Waals surface area contributed by atoms with Gasteiger partial charge in [0.25, 0.3) is 0 Å². The van der Waals surface area contributed by atoms with E-state index in [1.165, 1.54) is 0 Å². The van der Waals surface area contributed by atoms with E-state index in [1.54, 1.807) is 0 Å². The fourth-order valence-corrected chi connectivity index (χ4v) is 2.73. The molecule has 0 amide bonds. The van der Waals surface area contributed by atoms with Crippen LogP contribution in [-0.4, -0.2) is 35.7 Å². The van der Waals surface area contributed by atoms with Crippen LogP contribution in [-0.2, 0) is 0 Å². The number of hydrogen-bond acceptors (Lipinski definition) is 2. The lowest BCUT2D eigenvalue weighted by molar-refractivity contribution is -0.0339. The summed E-state index contributed by atoms with van der Waals surface area (Å²) in [5, 5.41) is 10.6. The van der Waals surface area contributed by atoms with Gasteiger partial charge in [0.2, 0.25) is 0 Å². The zero-order valence-corrected chi connectivity index (χ0v) is 9.92. The van der Waals surface area contributed by atoms with Gasteiger partial charge in [0.15, 0.2) is 0 Å². The zero-order chi connectivity index (χ0) is 10.6. The molecule has 1 unspecified atom stereocenters. The van der Waals surface area contributed by atoms with E-state index in [0.29, 0.717) is 5.92 Å². The van der Waals surface area contributed by atoms with Crippen LogP contribution in [0.25, 0.3) is 0 Å². The molecule has 0 aromatic heterocycles. The predicted octanol–water partition coefficient (Wildman–Crippen LogP) is 2.27. The second-order valence-corrected chi connectivity index (χ2v) is 4.77. The summed E-state index contributed by atoms with van der Waals surface area (Å²) in [6, 6.07) is 0. The normalized spacial score (nSPS) is 30.6. The molecular weight excluding hydrogens is 174 g/mol. The second-order valence-electron chi connectivity index (χ2n) is 4.77. The van der Waals surface area contributed by atoms with Crippen molar-refractivity contribution in [2.75, 3.05) is 20.1 Å². The van der Waals surface area contributed by atoms with Crippen LogP contribution >= 0.6 is 0 Å². The van der Waals surface area contributed by atoms with Crippen LogP contribution in [0.5, 0.6) is 0 Å². The van der Waals surface area contributed by atoms with Gasteiger partial charge in [0.05, 0.1) is 5.60 Å². The first kappa shape index (κ1) is 12.0. The molecule has 0 aromatic carbocycles. The fourth-order valence-electron chi connectivity index (χ4n) is 2.73. The summed E-state index contributed by atoms with van der Waals surface area (Å²) in [4.78, 5) is 2.33. The van der Waals surface area contributed by atoms with Crippen molar-refractivity contribution in [3.8, 4) is 0 Å². The molecular formula is C12H25NO. The Morgan fingerprint density at radius 1 is 1.21 bits per heavy atom. The topological polar surface area (TPSA) is 23.5 Å². The summed E-state index contributed by atoms with van der Waals surface area (Å²) >= 11 is 0. The highest BCUT2D eigenvalue weighted by Crippen LogP contribution is 2.33. The number of nitrogens with zero attached hydrogens (tertiary/aromatic N) is 1. The van der Waals surface area contributed by atoms with E-state index in [2.05, 4.69) is 25.8 Å². The molecule has 0 aromatic rings. The Kier molecular flexibility index (Phi) is 4.39. The molecule has 1 rings (SSSR count). The monoisotopic (exact) mass is 199 g/mol. The fraction of sp³-hybridized carbons (Fsp3) is 1.00. The number of hydrogen-bond donors (Lipinski definition) is 1. The molecule has 2 nitrogen and oxygen atoms in total. The van der Waals surface area contributed by atoms with Crippen molar-refractivity contribution in [3.05, 3.63) is 0 Å². The average molecular weight is 199 g/mol. The van der Waals surface area contributed by atoms with E-state index >= 15 is 0 Å². The van der Waals surface area contributed by atoms with Crippen LogP contribution in [0.4, 0.5) is 0 Å². The molecule has 1 saturated heterocycles. The van der Waals surface area contributed by atoms with Crippen LogP contribution in [0.15, 0.2) is 0 Å². The smallest absolute Gasteiger partial charge is 0.0688 e. The van der Waals surface area contributed by atoms with Crippen molar-refractivity contribution in [1.82, 2.24) is 4.90 Å². The van der Waals surface area contributed by atoms with Crippen molar-refractivity contribution in [3.63, 3.8) is 0 Å². The van der Waals surface area contributed by atoms with Crippen LogP contribution in [0.3, 0.4) is 0 Å². The molecule has 0 aliphatic carbocycles. The Morgan fingerprint density at radius 2 is 1.86 bits per heavy atom. The SMILES string of the molecule is CCC(CC)C1(O)CCCN(C)CC1. The number of rotatable bonds is 3. The second kappa shape index (κ2) is 5.13. The van der Waals surface area contributed by atoms with Gasteiger partial charge in [-0.2, -0.15) is 0 Å². The van der Waals surface area contributed by atoms with Crippen molar-refractivity contribution >= 4 is 0 Å². The largest absolute Gasteiger partial charge is 0.390 e. The number of likely N-dealkylation sites (tertiary alicyclic amines) is 1. The maximum Gasteiger partial charge on any atom is 0.0688 e. The van der Waals surface area contributed by atoms with E-state index in [1.807, 2.05) is 0 Å². The first-order valence-electron chi connectivity index (χ1n) is 6.03. The summed E-state index contributed by atoms with van der Waals surface area (Å²) in [6.07, 6.45) is 5.30. The number of aliphatic hydroxyl groups is 1. The lowest BCUT2D eigenvalue weighted by Crippen LogP contribution is -2.38. The van der Waals surface area contributed by atoms with Gasteiger partial charge in [-0.1, -0.05) is 26.7 Å². The third-order valence-electron chi connectivity index (χ3n) is 3.82. The minimum atomic E-state index is -0.381. The Bertz CT molecular complexity index is 168. The highest BCUT2D eigenvalue weighted by molar-refractivity contribution is 4.88. The molecule has 2 heteroatoms. The Balaban J connectivity index is 2.61. The molecule has 0 bridgehead atoms. The van der Waals surface area contributed by atoms with E-state index < -0.39 is 0 Å². The highest BCUT2D eigenvalue weighted by atomic mass is 16.3. The molecule has 0 radical (unpaired) electrons. The van der Waals surface area contributed by atoms with Gasteiger partial charge in [-0.3, -0.25) is 0 Å². The van der Waals surface area contributed by atoms with Crippen LogP contribution in [0, 0.1) is 5.92 Å². The predicted molar refractivity (Wildman–Crippen MR) is 60.4 cm³/mol. The van der Waals surface area contributed by atoms with E-state index in [-0.39, 0.29) is 5.60 Å². The van der Waals surface area contributed by atoms with Crippen LogP contribution in [0.2, 0.25) is 0 Å². The summed E-state index contributed by atoms with van der Waals surface area (Å²) in [7, 11) is 2.15. The van der Waals surface area contributed by atoms with Crippen molar-refractivity contribution in [1.29, 1.82) is 0 Å². The van der Waals surface area contributed by atoms with E-state index in [4.69, 9.17) is 0 Å². The van der Waals surface area contributed by atoms with Gasteiger partial charge in [-0.15, -0.1) is 0 Å². The van der Waals surface area contributed by atoms with Gasteiger partial charge >= 0.3 is 0 Å². The molecule has 0 saturated carbocycles. The average Bonchev–Trinajstić information content (AvgIpc) is 2.32. The van der Waals surface area contributed by atoms with Crippen LogP contribution in [0.1, 0.15) is 46.0 Å². The van der Waals surface area contributed by atoms with Gasteiger partial charge in [0, 0.05) is 6.54 Å². The lowest BCUT2D eigenvalue weighted by Gasteiger charge is -2.34. The summed E-state index contributed by atoms with van der Waals surface area (Å²) in [6.45, 7) is 6.58. The molecule has 84 valence electrons. The molecule has 1 aliphatic heterocycles. The first-order chi connectivity index (χ1) is 6.62. The third kappa shape index (κ3) is 2.71. The van der Waals surface area contributed by atoms with Crippen molar-refractivity contribution in [2.24, 2.45) is 5.92 Å². The minimum absolute atomic E-state index is 0.381. The van der Waals surface area contributed by atoms with Crippen LogP contribution < -0.4 is 0 Å². The summed E-state index contributed by atoms with van der Waals surface area (Å²) < 4.78 is 0. The van der Waals surface area contributed by atoms with Crippen molar-refractivity contribution < 1.29 is 5.11 Å². The minimum Gasteiger partial charge on any atom is -0.390 e.